The van der Waals surface area contributed by atoms with Crippen molar-refractivity contribution in [2.45, 2.75) is 27.7 Å². The Morgan fingerprint density at radius 1 is 1.24 bits per heavy atom. The average molecular weight is 228 g/mol. The van der Waals surface area contributed by atoms with Crippen molar-refractivity contribution in [2.24, 2.45) is 0 Å². The third kappa shape index (κ3) is 1.88. The van der Waals surface area contributed by atoms with Crippen molar-refractivity contribution in [1.82, 2.24) is 9.78 Å². The maximum absolute atomic E-state index is 11.4. The number of rotatable bonds is 2. The maximum atomic E-state index is 11.4. The summed E-state index contributed by atoms with van der Waals surface area (Å²) >= 11 is 0. The molecular formula is C14H16N2O. The molecule has 17 heavy (non-hydrogen) atoms. The minimum atomic E-state index is 0.0547. The van der Waals surface area contributed by atoms with E-state index in [9.17, 15) is 4.79 Å². The molecule has 1 aromatic carbocycles. The Morgan fingerprint density at radius 3 is 2.53 bits per heavy atom. The first-order chi connectivity index (χ1) is 8.02. The molecule has 0 aliphatic rings. The van der Waals surface area contributed by atoms with Gasteiger partial charge < -0.3 is 0 Å². The molecule has 0 fully saturated rings. The van der Waals surface area contributed by atoms with Crippen LogP contribution in [-0.4, -0.2) is 15.6 Å². The summed E-state index contributed by atoms with van der Waals surface area (Å²) in [6, 6.07) is 6.10. The lowest BCUT2D eigenvalue weighted by Gasteiger charge is -2.10. The number of aromatic nitrogens is 2. The predicted octanol–water partition coefficient (Wildman–Crippen LogP) is 3.00. The zero-order chi connectivity index (χ0) is 12.6. The Morgan fingerprint density at radius 2 is 1.94 bits per heavy atom. The van der Waals surface area contributed by atoms with Gasteiger partial charge in [-0.05, 0) is 44.9 Å². The van der Waals surface area contributed by atoms with Crippen molar-refractivity contribution in [3.05, 3.63) is 46.8 Å². The molecule has 2 aromatic rings. The van der Waals surface area contributed by atoms with Crippen LogP contribution < -0.4 is 0 Å². The van der Waals surface area contributed by atoms with Crippen LogP contribution in [0.15, 0.2) is 24.4 Å². The second-order valence-corrected chi connectivity index (χ2v) is 4.33. The van der Waals surface area contributed by atoms with E-state index in [1.165, 1.54) is 11.1 Å². The van der Waals surface area contributed by atoms with E-state index in [1.54, 1.807) is 13.1 Å². The Balaban J connectivity index is 2.62. The van der Waals surface area contributed by atoms with E-state index in [2.05, 4.69) is 25.0 Å². The summed E-state index contributed by atoms with van der Waals surface area (Å²) in [6.45, 7) is 7.63. The number of benzene rings is 1. The first-order valence-corrected chi connectivity index (χ1v) is 5.64. The topological polar surface area (TPSA) is 34.9 Å². The van der Waals surface area contributed by atoms with Crippen LogP contribution in [0.5, 0.6) is 0 Å². The molecule has 1 heterocycles. The highest BCUT2D eigenvalue weighted by atomic mass is 16.1. The minimum absolute atomic E-state index is 0.0547. The molecule has 0 amide bonds. The van der Waals surface area contributed by atoms with Crippen LogP contribution in [0.25, 0.3) is 5.69 Å². The lowest BCUT2D eigenvalue weighted by atomic mass is 10.1. The van der Waals surface area contributed by atoms with E-state index in [0.29, 0.717) is 5.56 Å². The molecule has 0 aliphatic carbocycles. The molecular weight excluding hydrogens is 212 g/mol. The smallest absolute Gasteiger partial charge is 0.163 e. The summed E-state index contributed by atoms with van der Waals surface area (Å²) in [7, 11) is 0. The van der Waals surface area contributed by atoms with Crippen LogP contribution in [0.3, 0.4) is 0 Å². The van der Waals surface area contributed by atoms with Gasteiger partial charge in [0.15, 0.2) is 5.78 Å². The third-order valence-corrected chi connectivity index (χ3v) is 3.19. The molecule has 3 heteroatoms. The highest BCUT2D eigenvalue weighted by Crippen LogP contribution is 2.20. The first-order valence-electron chi connectivity index (χ1n) is 5.64. The molecule has 0 spiro atoms. The Bertz CT molecular complexity index is 582. The fourth-order valence-corrected chi connectivity index (χ4v) is 1.96. The van der Waals surface area contributed by atoms with Gasteiger partial charge in [-0.2, -0.15) is 5.10 Å². The van der Waals surface area contributed by atoms with E-state index in [1.807, 2.05) is 23.7 Å². The maximum Gasteiger partial charge on any atom is 0.163 e. The van der Waals surface area contributed by atoms with Crippen LogP contribution in [0.4, 0.5) is 0 Å². The fraction of sp³-hybridized carbons (Fsp3) is 0.286. The number of Topliss-reactive ketones (excluding diaryl/α,β-unsaturated/α-hetero) is 1. The van der Waals surface area contributed by atoms with Crippen molar-refractivity contribution >= 4 is 5.78 Å². The van der Waals surface area contributed by atoms with Gasteiger partial charge in [0.25, 0.3) is 0 Å². The lowest BCUT2D eigenvalue weighted by Crippen LogP contribution is -2.03. The molecule has 0 bridgehead atoms. The number of hydrogen-bond acceptors (Lipinski definition) is 2. The van der Waals surface area contributed by atoms with Gasteiger partial charge in [0, 0.05) is 0 Å². The number of aryl methyl sites for hydroxylation is 1. The van der Waals surface area contributed by atoms with E-state index < -0.39 is 0 Å². The van der Waals surface area contributed by atoms with Gasteiger partial charge in [-0.15, -0.1) is 0 Å². The van der Waals surface area contributed by atoms with E-state index >= 15 is 0 Å². The van der Waals surface area contributed by atoms with Crippen LogP contribution in [-0.2, 0) is 0 Å². The summed E-state index contributed by atoms with van der Waals surface area (Å²) < 4.78 is 1.83. The summed E-state index contributed by atoms with van der Waals surface area (Å²) in [4.78, 5) is 11.4. The molecule has 3 nitrogen and oxygen atoms in total. The third-order valence-electron chi connectivity index (χ3n) is 3.19. The molecule has 0 N–H and O–H groups in total. The second-order valence-electron chi connectivity index (χ2n) is 4.33. The van der Waals surface area contributed by atoms with E-state index in [-0.39, 0.29) is 5.78 Å². The van der Waals surface area contributed by atoms with Crippen molar-refractivity contribution in [3.63, 3.8) is 0 Å². The SMILES string of the molecule is CC(=O)c1cnn(-c2cccc(C)c2C)c1C. The lowest BCUT2D eigenvalue weighted by molar-refractivity contribution is 0.101. The highest BCUT2D eigenvalue weighted by Gasteiger charge is 2.13. The van der Waals surface area contributed by atoms with E-state index in [0.717, 1.165) is 11.4 Å². The van der Waals surface area contributed by atoms with Gasteiger partial charge in [-0.25, -0.2) is 4.68 Å². The Labute approximate surface area is 101 Å². The van der Waals surface area contributed by atoms with Gasteiger partial charge in [-0.3, -0.25) is 4.79 Å². The molecule has 0 aliphatic heterocycles. The van der Waals surface area contributed by atoms with Gasteiger partial charge in [0.1, 0.15) is 0 Å². The monoisotopic (exact) mass is 228 g/mol. The van der Waals surface area contributed by atoms with Crippen molar-refractivity contribution < 1.29 is 4.79 Å². The van der Waals surface area contributed by atoms with Gasteiger partial charge in [-0.1, -0.05) is 12.1 Å². The normalized spacial score (nSPS) is 10.6. The number of hydrogen-bond donors (Lipinski definition) is 0. The van der Waals surface area contributed by atoms with Gasteiger partial charge in [0.05, 0.1) is 23.1 Å². The van der Waals surface area contributed by atoms with Gasteiger partial charge in [0.2, 0.25) is 0 Å². The number of ketones is 1. The van der Waals surface area contributed by atoms with Crippen molar-refractivity contribution in [1.29, 1.82) is 0 Å². The summed E-state index contributed by atoms with van der Waals surface area (Å²) in [5.41, 5.74) is 5.03. The molecule has 0 unspecified atom stereocenters. The summed E-state index contributed by atoms with van der Waals surface area (Å²) in [5.74, 6) is 0.0547. The number of carbonyl (C=O) groups is 1. The van der Waals surface area contributed by atoms with Gasteiger partial charge >= 0.3 is 0 Å². The largest absolute Gasteiger partial charge is 0.294 e. The second kappa shape index (κ2) is 4.17. The zero-order valence-electron chi connectivity index (χ0n) is 10.6. The fourth-order valence-electron chi connectivity index (χ4n) is 1.96. The summed E-state index contributed by atoms with van der Waals surface area (Å²) in [5, 5.41) is 4.30. The molecule has 2 rings (SSSR count). The van der Waals surface area contributed by atoms with Crippen molar-refractivity contribution in [2.75, 3.05) is 0 Å². The number of carbonyl (C=O) groups excluding carboxylic acids is 1. The minimum Gasteiger partial charge on any atom is -0.294 e. The molecule has 0 radical (unpaired) electrons. The standard InChI is InChI=1S/C14H16N2O/c1-9-6-5-7-14(10(9)2)16-11(3)13(8-15-16)12(4)17/h5-8H,1-4H3. The van der Waals surface area contributed by atoms with Crippen LogP contribution in [0.1, 0.15) is 34.1 Å². The highest BCUT2D eigenvalue weighted by molar-refractivity contribution is 5.95. The van der Waals surface area contributed by atoms with Crippen LogP contribution in [0.2, 0.25) is 0 Å². The Kier molecular flexibility index (Phi) is 2.84. The molecule has 0 saturated carbocycles. The molecule has 1 aromatic heterocycles. The predicted molar refractivity (Wildman–Crippen MR) is 67.8 cm³/mol. The number of nitrogens with zero attached hydrogens (tertiary/aromatic N) is 2. The average Bonchev–Trinajstić information content (AvgIpc) is 2.64. The van der Waals surface area contributed by atoms with Crippen molar-refractivity contribution in [3.8, 4) is 5.69 Å². The molecule has 0 atom stereocenters. The van der Waals surface area contributed by atoms with Crippen LogP contribution in [0, 0.1) is 20.8 Å². The zero-order valence-corrected chi connectivity index (χ0v) is 10.6. The first kappa shape index (κ1) is 11.6. The van der Waals surface area contributed by atoms with E-state index in [4.69, 9.17) is 0 Å². The van der Waals surface area contributed by atoms with Crippen LogP contribution >= 0.6 is 0 Å². The quantitative estimate of drug-likeness (QED) is 0.740. The Hall–Kier alpha value is -1.90. The molecule has 88 valence electrons. The molecule has 0 saturated heterocycles. The summed E-state index contributed by atoms with van der Waals surface area (Å²) in [6.07, 6.45) is 1.64.